The Bertz CT molecular complexity index is 2120. The average Bonchev–Trinajstić information content (AvgIpc) is 3.51. The monoisotopic (exact) mass is 486 g/mol. The van der Waals surface area contributed by atoms with Crippen LogP contribution >= 0.6 is 0 Å². The van der Waals surface area contributed by atoms with E-state index in [0.717, 1.165) is 55.2 Å². The molecule has 8 rings (SSSR count). The third kappa shape index (κ3) is 2.98. The van der Waals surface area contributed by atoms with Crippen molar-refractivity contribution in [3.05, 3.63) is 134 Å². The molecule has 4 aromatic heterocycles. The Morgan fingerprint density at radius 3 is 2.00 bits per heavy atom. The van der Waals surface area contributed by atoms with E-state index < -0.39 is 0 Å². The predicted octanol–water partition coefficient (Wildman–Crippen LogP) is 8.34. The summed E-state index contributed by atoms with van der Waals surface area (Å²) in [5, 5.41) is 2.17. The van der Waals surface area contributed by atoms with Gasteiger partial charge in [-0.3, -0.25) is 9.97 Å². The molecular formula is C34H22N4. The van der Waals surface area contributed by atoms with Gasteiger partial charge in [0.15, 0.2) is 0 Å². The van der Waals surface area contributed by atoms with Crippen LogP contribution in [-0.4, -0.2) is 19.1 Å². The van der Waals surface area contributed by atoms with Gasteiger partial charge in [0, 0.05) is 34.5 Å². The predicted molar refractivity (Wildman–Crippen MR) is 156 cm³/mol. The van der Waals surface area contributed by atoms with Gasteiger partial charge < -0.3 is 9.13 Å². The lowest BCUT2D eigenvalue weighted by molar-refractivity contribution is 1.14. The van der Waals surface area contributed by atoms with Crippen molar-refractivity contribution in [1.82, 2.24) is 19.1 Å². The van der Waals surface area contributed by atoms with Crippen LogP contribution in [-0.2, 0) is 0 Å². The number of hydrogen-bond acceptors (Lipinski definition) is 2. The highest BCUT2D eigenvalue weighted by atomic mass is 15.1. The SMILES string of the molecule is c1ccc(-c2cccc(-n3c4ccccc4c4ncc5c6ncccc6n(-c6ccccc6)c5c43)c2)cc1. The van der Waals surface area contributed by atoms with Crippen LogP contribution in [0.4, 0.5) is 0 Å². The Kier molecular flexibility index (Phi) is 4.49. The maximum atomic E-state index is 5.05. The minimum absolute atomic E-state index is 0.954. The quantitative estimate of drug-likeness (QED) is 0.252. The van der Waals surface area contributed by atoms with E-state index in [-0.39, 0.29) is 0 Å². The van der Waals surface area contributed by atoms with Gasteiger partial charge in [0.2, 0.25) is 0 Å². The number of para-hydroxylation sites is 2. The molecule has 0 unspecified atom stereocenters. The zero-order valence-corrected chi connectivity index (χ0v) is 20.5. The van der Waals surface area contributed by atoms with Crippen LogP contribution in [0.25, 0.3) is 66.4 Å². The van der Waals surface area contributed by atoms with E-state index in [1.54, 1.807) is 0 Å². The highest BCUT2D eigenvalue weighted by Crippen LogP contribution is 2.40. The number of nitrogens with zero attached hydrogens (tertiary/aromatic N) is 4. The Morgan fingerprint density at radius 1 is 0.447 bits per heavy atom. The molecule has 0 aliphatic heterocycles. The fourth-order valence-corrected chi connectivity index (χ4v) is 5.76. The van der Waals surface area contributed by atoms with Gasteiger partial charge in [0.05, 0.1) is 33.1 Å². The second-order valence-electron chi connectivity index (χ2n) is 9.53. The van der Waals surface area contributed by atoms with E-state index in [1.807, 2.05) is 18.5 Å². The Morgan fingerprint density at radius 2 is 1.13 bits per heavy atom. The number of fused-ring (bicyclic) bond motifs is 7. The highest BCUT2D eigenvalue weighted by Gasteiger charge is 2.22. The topological polar surface area (TPSA) is 35.6 Å². The first-order chi connectivity index (χ1) is 18.9. The molecule has 4 heterocycles. The Balaban J connectivity index is 1.57. The van der Waals surface area contributed by atoms with Crippen molar-refractivity contribution in [2.75, 3.05) is 0 Å². The maximum Gasteiger partial charge on any atom is 0.0985 e. The van der Waals surface area contributed by atoms with Gasteiger partial charge in [-0.05, 0) is 53.6 Å². The summed E-state index contributed by atoms with van der Waals surface area (Å²) in [4.78, 5) is 9.85. The largest absolute Gasteiger partial charge is 0.306 e. The summed E-state index contributed by atoms with van der Waals surface area (Å²) in [6.07, 6.45) is 3.85. The third-order valence-corrected chi connectivity index (χ3v) is 7.38. The zero-order valence-electron chi connectivity index (χ0n) is 20.5. The van der Waals surface area contributed by atoms with Gasteiger partial charge in [-0.1, -0.05) is 78.9 Å². The molecule has 38 heavy (non-hydrogen) atoms. The van der Waals surface area contributed by atoms with Crippen molar-refractivity contribution >= 4 is 43.9 Å². The maximum absolute atomic E-state index is 5.05. The van der Waals surface area contributed by atoms with Crippen LogP contribution in [0.2, 0.25) is 0 Å². The number of aromatic nitrogens is 4. The molecule has 0 N–H and O–H groups in total. The third-order valence-electron chi connectivity index (χ3n) is 7.38. The standard InChI is InChI=1S/C34H22N4/c1-3-11-23(12-4-1)24-13-9-16-26(21-24)38-29-18-8-7-17-27(29)32-34(38)33-28(22-36-32)31-30(19-10-20-35-31)37(33)25-14-5-2-6-15-25/h1-22H. The van der Waals surface area contributed by atoms with Gasteiger partial charge in [0.1, 0.15) is 0 Å². The molecule has 0 aliphatic carbocycles. The van der Waals surface area contributed by atoms with Crippen molar-refractivity contribution in [1.29, 1.82) is 0 Å². The van der Waals surface area contributed by atoms with Crippen molar-refractivity contribution in [2.45, 2.75) is 0 Å². The molecule has 0 amide bonds. The summed E-state index contributed by atoms with van der Waals surface area (Å²) < 4.78 is 4.70. The van der Waals surface area contributed by atoms with Crippen molar-refractivity contribution in [3.8, 4) is 22.5 Å². The molecule has 0 atom stereocenters. The van der Waals surface area contributed by atoms with Crippen LogP contribution in [0, 0.1) is 0 Å². The molecule has 0 radical (unpaired) electrons. The summed E-state index contributed by atoms with van der Waals surface area (Å²) in [6.45, 7) is 0. The van der Waals surface area contributed by atoms with Gasteiger partial charge >= 0.3 is 0 Å². The van der Waals surface area contributed by atoms with Crippen LogP contribution in [0.3, 0.4) is 0 Å². The van der Waals surface area contributed by atoms with Gasteiger partial charge in [-0.25, -0.2) is 0 Å². The second-order valence-corrected chi connectivity index (χ2v) is 9.53. The van der Waals surface area contributed by atoms with E-state index in [1.165, 1.54) is 11.1 Å². The lowest BCUT2D eigenvalue weighted by atomic mass is 10.1. The lowest BCUT2D eigenvalue weighted by Gasteiger charge is -2.13. The summed E-state index contributed by atoms with van der Waals surface area (Å²) in [5.41, 5.74) is 10.9. The molecule has 0 spiro atoms. The van der Waals surface area contributed by atoms with E-state index in [9.17, 15) is 0 Å². The van der Waals surface area contributed by atoms with Crippen molar-refractivity contribution < 1.29 is 0 Å². The van der Waals surface area contributed by atoms with Crippen molar-refractivity contribution in [3.63, 3.8) is 0 Å². The lowest BCUT2D eigenvalue weighted by Crippen LogP contribution is -1.99. The highest BCUT2D eigenvalue weighted by molar-refractivity contribution is 6.21. The smallest absolute Gasteiger partial charge is 0.0985 e. The molecule has 0 saturated carbocycles. The van der Waals surface area contributed by atoms with E-state index in [2.05, 4.69) is 124 Å². The molecule has 0 bridgehead atoms. The molecule has 178 valence electrons. The van der Waals surface area contributed by atoms with E-state index in [4.69, 9.17) is 9.97 Å². The van der Waals surface area contributed by atoms with Crippen LogP contribution in [0.1, 0.15) is 0 Å². The molecular weight excluding hydrogens is 464 g/mol. The van der Waals surface area contributed by atoms with Crippen molar-refractivity contribution in [2.24, 2.45) is 0 Å². The number of pyridine rings is 2. The molecule has 4 nitrogen and oxygen atoms in total. The molecule has 0 fully saturated rings. The normalized spacial score (nSPS) is 11.7. The number of rotatable bonds is 3. The Labute approximate surface area is 219 Å². The molecule has 8 aromatic rings. The molecule has 0 saturated heterocycles. The first-order valence-corrected chi connectivity index (χ1v) is 12.8. The fraction of sp³-hybridized carbons (Fsp3) is 0. The summed E-state index contributed by atoms with van der Waals surface area (Å²) in [6, 6.07) is 42.5. The minimum Gasteiger partial charge on any atom is -0.306 e. The van der Waals surface area contributed by atoms with Crippen LogP contribution < -0.4 is 0 Å². The number of benzene rings is 4. The fourth-order valence-electron chi connectivity index (χ4n) is 5.76. The second kappa shape index (κ2) is 8.15. The average molecular weight is 487 g/mol. The first-order valence-electron chi connectivity index (χ1n) is 12.8. The van der Waals surface area contributed by atoms with Crippen LogP contribution in [0.5, 0.6) is 0 Å². The zero-order chi connectivity index (χ0) is 25.1. The van der Waals surface area contributed by atoms with Gasteiger partial charge in [-0.15, -0.1) is 0 Å². The summed E-state index contributed by atoms with van der Waals surface area (Å²) in [7, 11) is 0. The summed E-state index contributed by atoms with van der Waals surface area (Å²) >= 11 is 0. The first kappa shape index (κ1) is 20.9. The van der Waals surface area contributed by atoms with Gasteiger partial charge in [0.25, 0.3) is 0 Å². The van der Waals surface area contributed by atoms with E-state index in [0.29, 0.717) is 0 Å². The molecule has 4 heteroatoms. The molecule has 0 aliphatic rings. The Hall–Kier alpha value is -5.22. The van der Waals surface area contributed by atoms with E-state index >= 15 is 0 Å². The minimum atomic E-state index is 0.954. The number of hydrogen-bond donors (Lipinski definition) is 0. The van der Waals surface area contributed by atoms with Gasteiger partial charge in [-0.2, -0.15) is 0 Å². The van der Waals surface area contributed by atoms with Crippen LogP contribution in [0.15, 0.2) is 134 Å². The molecule has 4 aromatic carbocycles. The summed E-state index contributed by atoms with van der Waals surface area (Å²) in [5.74, 6) is 0.